The molecule has 0 aliphatic carbocycles. The lowest BCUT2D eigenvalue weighted by atomic mass is 10.2. The number of carbonyl (C=O) groups excluding carboxylic acids is 1. The number of aryl methyl sites for hydroxylation is 2. The molecule has 8 nitrogen and oxygen atoms in total. The number of fused-ring (bicyclic) bond motifs is 1. The van der Waals surface area contributed by atoms with Gasteiger partial charge in [-0.25, -0.2) is 17.6 Å². The van der Waals surface area contributed by atoms with Crippen LogP contribution in [0.3, 0.4) is 0 Å². The molecule has 0 saturated carbocycles. The minimum absolute atomic E-state index is 0.0320. The van der Waals surface area contributed by atoms with Crippen molar-refractivity contribution in [3.05, 3.63) is 58.3 Å². The van der Waals surface area contributed by atoms with Crippen LogP contribution < -0.4 is 11.1 Å². The summed E-state index contributed by atoms with van der Waals surface area (Å²) in [7, 11) is -3.63. The van der Waals surface area contributed by atoms with Crippen LogP contribution in [0.2, 0.25) is 0 Å². The van der Waals surface area contributed by atoms with Crippen LogP contribution in [0.1, 0.15) is 24.8 Å². The second-order valence-corrected chi connectivity index (χ2v) is 9.46. The van der Waals surface area contributed by atoms with Gasteiger partial charge in [-0.3, -0.25) is 9.36 Å². The van der Waals surface area contributed by atoms with Crippen molar-refractivity contribution in [1.82, 2.24) is 8.87 Å². The Hall–Kier alpha value is -2.98. The molecule has 164 valence electrons. The van der Waals surface area contributed by atoms with E-state index in [4.69, 9.17) is 4.42 Å². The van der Waals surface area contributed by atoms with Crippen molar-refractivity contribution in [1.29, 1.82) is 0 Å². The Morgan fingerprint density at radius 2 is 1.90 bits per heavy atom. The van der Waals surface area contributed by atoms with Crippen LogP contribution in [0.25, 0.3) is 11.1 Å². The predicted molar refractivity (Wildman–Crippen MR) is 113 cm³/mol. The summed E-state index contributed by atoms with van der Waals surface area (Å²) in [5.41, 5.74) is 1.35. The van der Waals surface area contributed by atoms with E-state index in [0.717, 1.165) is 12.8 Å². The number of halogens is 1. The van der Waals surface area contributed by atoms with Gasteiger partial charge in [0.2, 0.25) is 15.9 Å². The molecule has 10 heteroatoms. The maximum atomic E-state index is 13.6. The molecule has 0 unspecified atom stereocenters. The number of carbonyl (C=O) groups is 1. The first-order chi connectivity index (χ1) is 14.8. The highest BCUT2D eigenvalue weighted by Crippen LogP contribution is 2.24. The molecule has 2 heterocycles. The molecule has 1 aliphatic heterocycles. The van der Waals surface area contributed by atoms with Crippen molar-refractivity contribution in [2.24, 2.45) is 0 Å². The molecule has 0 bridgehead atoms. The summed E-state index contributed by atoms with van der Waals surface area (Å²) in [6.45, 7) is 2.61. The lowest BCUT2D eigenvalue weighted by Gasteiger charge is -2.15. The quantitative estimate of drug-likeness (QED) is 0.626. The highest BCUT2D eigenvalue weighted by Gasteiger charge is 2.28. The van der Waals surface area contributed by atoms with Crippen LogP contribution in [-0.4, -0.2) is 36.3 Å². The standard InChI is InChI=1S/C21H22FN3O5S/c1-14-4-5-15(12-17(14)22)23-20(26)8-11-25-18-7-6-16(13-19(18)30-21(25)27)31(28,29)24-9-2-3-10-24/h4-7,12-13H,2-3,8-11H2,1H3,(H,23,26). The Bertz CT molecular complexity index is 1310. The molecule has 1 N–H and O–H groups in total. The molecule has 1 aliphatic rings. The van der Waals surface area contributed by atoms with E-state index >= 15 is 0 Å². The summed E-state index contributed by atoms with van der Waals surface area (Å²) < 4.78 is 47.0. The van der Waals surface area contributed by atoms with Gasteiger partial charge in [0.05, 0.1) is 10.4 Å². The number of oxazole rings is 1. The molecule has 1 fully saturated rings. The van der Waals surface area contributed by atoms with Crippen molar-refractivity contribution < 1.29 is 22.0 Å². The van der Waals surface area contributed by atoms with Crippen molar-refractivity contribution in [2.45, 2.75) is 37.6 Å². The first-order valence-corrected chi connectivity index (χ1v) is 11.4. The zero-order valence-corrected chi connectivity index (χ0v) is 17.7. The molecule has 1 amide bonds. The molecule has 31 heavy (non-hydrogen) atoms. The number of sulfonamides is 1. The smallest absolute Gasteiger partial charge is 0.408 e. The Morgan fingerprint density at radius 1 is 1.16 bits per heavy atom. The normalized spacial score (nSPS) is 14.9. The first kappa shape index (κ1) is 21.3. The van der Waals surface area contributed by atoms with Gasteiger partial charge in [-0.05, 0) is 49.6 Å². The Labute approximate surface area is 178 Å². The number of benzene rings is 2. The van der Waals surface area contributed by atoms with E-state index in [-0.39, 0.29) is 23.4 Å². The van der Waals surface area contributed by atoms with E-state index in [1.807, 2.05) is 0 Å². The summed E-state index contributed by atoms with van der Waals surface area (Å²) in [5, 5.41) is 2.59. The van der Waals surface area contributed by atoms with E-state index in [0.29, 0.717) is 29.9 Å². The maximum Gasteiger partial charge on any atom is 0.419 e. The number of amides is 1. The van der Waals surface area contributed by atoms with Crippen molar-refractivity contribution >= 4 is 32.7 Å². The van der Waals surface area contributed by atoms with Gasteiger partial charge in [-0.1, -0.05) is 6.07 Å². The third-order valence-electron chi connectivity index (χ3n) is 5.36. The molecule has 4 rings (SSSR count). The van der Waals surface area contributed by atoms with Gasteiger partial charge >= 0.3 is 5.76 Å². The minimum Gasteiger partial charge on any atom is -0.408 e. The van der Waals surface area contributed by atoms with Crippen LogP contribution in [0.4, 0.5) is 10.1 Å². The fourth-order valence-corrected chi connectivity index (χ4v) is 5.14. The number of rotatable bonds is 6. The highest BCUT2D eigenvalue weighted by molar-refractivity contribution is 7.89. The van der Waals surface area contributed by atoms with E-state index < -0.39 is 27.5 Å². The highest BCUT2D eigenvalue weighted by atomic mass is 32.2. The Morgan fingerprint density at radius 3 is 2.61 bits per heavy atom. The van der Waals surface area contributed by atoms with E-state index in [1.54, 1.807) is 19.1 Å². The van der Waals surface area contributed by atoms with Crippen LogP contribution >= 0.6 is 0 Å². The zero-order valence-electron chi connectivity index (χ0n) is 16.9. The maximum absolute atomic E-state index is 13.6. The van der Waals surface area contributed by atoms with Crippen LogP contribution in [0.5, 0.6) is 0 Å². The third-order valence-corrected chi connectivity index (χ3v) is 7.26. The molecular formula is C21H22FN3O5S. The molecule has 1 saturated heterocycles. The minimum atomic E-state index is -3.63. The summed E-state index contributed by atoms with van der Waals surface area (Å²) >= 11 is 0. The number of hydrogen-bond donors (Lipinski definition) is 1. The van der Waals surface area contributed by atoms with Gasteiger partial charge in [0.25, 0.3) is 0 Å². The number of nitrogens with one attached hydrogen (secondary N) is 1. The van der Waals surface area contributed by atoms with Gasteiger partial charge in [0, 0.05) is 37.8 Å². The van der Waals surface area contributed by atoms with E-state index in [9.17, 15) is 22.4 Å². The van der Waals surface area contributed by atoms with E-state index in [1.165, 1.54) is 33.1 Å². The Kier molecular flexibility index (Phi) is 5.67. The van der Waals surface area contributed by atoms with Crippen LogP contribution in [0.15, 0.2) is 50.5 Å². The monoisotopic (exact) mass is 447 g/mol. The second kappa shape index (κ2) is 8.27. The van der Waals surface area contributed by atoms with Crippen molar-refractivity contribution in [2.75, 3.05) is 18.4 Å². The summed E-state index contributed by atoms with van der Waals surface area (Å²) in [4.78, 5) is 24.6. The molecule has 0 atom stereocenters. The molecule has 0 spiro atoms. The zero-order chi connectivity index (χ0) is 22.2. The fraction of sp³-hybridized carbons (Fsp3) is 0.333. The lowest BCUT2D eigenvalue weighted by Crippen LogP contribution is -2.27. The molecular weight excluding hydrogens is 425 g/mol. The number of aromatic nitrogens is 1. The fourth-order valence-electron chi connectivity index (χ4n) is 3.60. The predicted octanol–water partition coefficient (Wildman–Crippen LogP) is 2.86. The third kappa shape index (κ3) is 4.26. The van der Waals surface area contributed by atoms with Crippen molar-refractivity contribution in [3.8, 4) is 0 Å². The van der Waals surface area contributed by atoms with E-state index in [2.05, 4.69) is 5.32 Å². The summed E-state index contributed by atoms with van der Waals surface area (Å²) in [6.07, 6.45) is 1.60. The first-order valence-electron chi connectivity index (χ1n) is 9.95. The largest absolute Gasteiger partial charge is 0.419 e. The van der Waals surface area contributed by atoms with Gasteiger partial charge in [-0.15, -0.1) is 0 Å². The second-order valence-electron chi connectivity index (χ2n) is 7.52. The molecule has 2 aromatic carbocycles. The van der Waals surface area contributed by atoms with Crippen LogP contribution in [-0.2, 0) is 21.4 Å². The number of nitrogens with zero attached hydrogens (tertiary/aromatic N) is 2. The summed E-state index contributed by atoms with van der Waals surface area (Å²) in [5.74, 6) is -1.49. The SMILES string of the molecule is Cc1ccc(NC(=O)CCn2c(=O)oc3cc(S(=O)(=O)N4CCCC4)ccc32)cc1F. The van der Waals surface area contributed by atoms with Crippen molar-refractivity contribution in [3.63, 3.8) is 0 Å². The molecule has 0 radical (unpaired) electrons. The Balaban J connectivity index is 1.50. The average molecular weight is 447 g/mol. The van der Waals surface area contributed by atoms with Crippen LogP contribution in [0, 0.1) is 12.7 Å². The summed E-state index contributed by atoms with van der Waals surface area (Å²) in [6, 6.07) is 8.68. The average Bonchev–Trinajstić information content (AvgIpc) is 3.37. The van der Waals surface area contributed by atoms with Gasteiger partial charge in [0.1, 0.15) is 5.82 Å². The molecule has 1 aromatic heterocycles. The van der Waals surface area contributed by atoms with Gasteiger partial charge in [-0.2, -0.15) is 4.31 Å². The molecule has 3 aromatic rings. The number of hydrogen-bond acceptors (Lipinski definition) is 5. The lowest BCUT2D eigenvalue weighted by molar-refractivity contribution is -0.116. The van der Waals surface area contributed by atoms with Gasteiger partial charge in [0.15, 0.2) is 5.58 Å². The van der Waals surface area contributed by atoms with Gasteiger partial charge < -0.3 is 9.73 Å². The topological polar surface area (TPSA) is 102 Å². The number of anilines is 1.